The average molecular weight is 417 g/mol. The van der Waals surface area contributed by atoms with Crippen LogP contribution in [0.2, 0.25) is 0 Å². The number of rotatable bonds is 4. The fraction of sp³-hybridized carbons (Fsp3) is 0.333. The number of fused-ring (bicyclic) bond motifs is 2. The van der Waals surface area contributed by atoms with Crippen LogP contribution in [0.5, 0.6) is 11.5 Å². The normalized spacial score (nSPS) is 17.2. The molecule has 0 unspecified atom stereocenters. The average Bonchev–Trinajstić information content (AvgIpc) is 3.22. The van der Waals surface area contributed by atoms with Gasteiger partial charge < -0.3 is 9.47 Å². The summed E-state index contributed by atoms with van der Waals surface area (Å²) >= 11 is 0. The first-order valence-corrected chi connectivity index (χ1v) is 10.5. The predicted octanol–water partition coefficient (Wildman–Crippen LogP) is 3.52. The van der Waals surface area contributed by atoms with Gasteiger partial charge in [-0.25, -0.2) is 5.01 Å². The molecule has 0 saturated heterocycles. The maximum atomic E-state index is 13.1. The van der Waals surface area contributed by atoms with Crippen LogP contribution in [0.3, 0.4) is 0 Å². The van der Waals surface area contributed by atoms with Crippen molar-refractivity contribution in [2.24, 2.45) is 10.1 Å². The van der Waals surface area contributed by atoms with E-state index in [0.717, 1.165) is 45.8 Å². The molecule has 7 nitrogen and oxygen atoms in total. The van der Waals surface area contributed by atoms with Crippen LogP contribution in [-0.2, 0) is 16.0 Å². The summed E-state index contributed by atoms with van der Waals surface area (Å²) in [5.74, 6) is 1.22. The highest BCUT2D eigenvalue weighted by Gasteiger charge is 2.29. The highest BCUT2D eigenvalue weighted by molar-refractivity contribution is 6.44. The quantitative estimate of drug-likeness (QED) is 0.762. The van der Waals surface area contributed by atoms with Crippen LogP contribution >= 0.6 is 0 Å². The standard InChI is InChI=1S/C24H23N3O4/c1-14-3-4-15(2)20(9-14)27-24(29)6-5-18(26-27)21(28)12-19-17-11-23-22(30-13-31-23)10-16(17)7-8-25-19/h3-4,9-11H,5-8,12-13H2,1-2H3. The van der Waals surface area contributed by atoms with Crippen molar-refractivity contribution in [3.63, 3.8) is 0 Å². The van der Waals surface area contributed by atoms with Crippen molar-refractivity contribution in [1.29, 1.82) is 0 Å². The number of nitrogens with zero attached hydrogens (tertiary/aromatic N) is 3. The predicted molar refractivity (Wildman–Crippen MR) is 117 cm³/mol. The number of hydrogen-bond donors (Lipinski definition) is 0. The summed E-state index contributed by atoms with van der Waals surface area (Å²) in [5.41, 5.74) is 5.90. The van der Waals surface area contributed by atoms with E-state index in [9.17, 15) is 9.59 Å². The third-order valence-corrected chi connectivity index (χ3v) is 5.87. The summed E-state index contributed by atoms with van der Waals surface area (Å²) in [5, 5.41) is 5.85. The topological polar surface area (TPSA) is 80.6 Å². The second kappa shape index (κ2) is 7.65. The zero-order valence-electron chi connectivity index (χ0n) is 17.6. The first-order valence-electron chi connectivity index (χ1n) is 10.5. The minimum absolute atomic E-state index is 0.0988. The Morgan fingerprint density at radius 3 is 2.71 bits per heavy atom. The molecule has 7 heteroatoms. The Balaban J connectivity index is 1.41. The fourth-order valence-electron chi connectivity index (χ4n) is 4.15. The molecule has 1 amide bonds. The molecular formula is C24H23N3O4. The lowest BCUT2D eigenvalue weighted by Gasteiger charge is -2.25. The Morgan fingerprint density at radius 2 is 1.87 bits per heavy atom. The van der Waals surface area contributed by atoms with E-state index in [1.54, 1.807) is 0 Å². The second-order valence-electron chi connectivity index (χ2n) is 8.08. The van der Waals surface area contributed by atoms with Gasteiger partial charge in [0.15, 0.2) is 17.3 Å². The minimum Gasteiger partial charge on any atom is -0.454 e. The number of ketones is 1. The molecule has 0 saturated carbocycles. The van der Waals surface area contributed by atoms with Crippen molar-refractivity contribution >= 4 is 28.8 Å². The van der Waals surface area contributed by atoms with Gasteiger partial charge in [-0.15, -0.1) is 0 Å². The molecule has 0 aliphatic carbocycles. The zero-order valence-corrected chi connectivity index (χ0v) is 17.6. The molecule has 0 radical (unpaired) electrons. The molecule has 0 N–H and O–H groups in total. The summed E-state index contributed by atoms with van der Waals surface area (Å²) in [6.45, 7) is 4.75. The van der Waals surface area contributed by atoms with E-state index < -0.39 is 0 Å². The van der Waals surface area contributed by atoms with Gasteiger partial charge in [-0.3, -0.25) is 14.6 Å². The summed E-state index contributed by atoms with van der Waals surface area (Å²) < 4.78 is 11.0. The lowest BCUT2D eigenvalue weighted by atomic mass is 9.92. The number of amides is 1. The number of ether oxygens (including phenoxy) is 2. The highest BCUT2D eigenvalue weighted by atomic mass is 16.7. The van der Waals surface area contributed by atoms with Gasteiger partial charge in [0, 0.05) is 24.9 Å². The Kier molecular flexibility index (Phi) is 4.81. The van der Waals surface area contributed by atoms with Gasteiger partial charge in [0.1, 0.15) is 5.71 Å². The fourth-order valence-corrected chi connectivity index (χ4v) is 4.15. The number of benzene rings is 2. The van der Waals surface area contributed by atoms with Crippen LogP contribution < -0.4 is 14.5 Å². The molecule has 0 atom stereocenters. The maximum absolute atomic E-state index is 13.1. The molecule has 2 aromatic carbocycles. The van der Waals surface area contributed by atoms with Gasteiger partial charge in [-0.2, -0.15) is 5.10 Å². The number of hydrazone groups is 1. The van der Waals surface area contributed by atoms with E-state index in [1.807, 2.05) is 44.2 Å². The zero-order chi connectivity index (χ0) is 21.5. The molecule has 3 heterocycles. The molecule has 0 bridgehead atoms. The van der Waals surface area contributed by atoms with Crippen molar-refractivity contribution in [1.82, 2.24) is 0 Å². The molecule has 3 aliphatic heterocycles. The second-order valence-corrected chi connectivity index (χ2v) is 8.08. The number of carbonyl (C=O) groups is 2. The lowest BCUT2D eigenvalue weighted by molar-refractivity contribution is -0.118. The van der Waals surface area contributed by atoms with Gasteiger partial charge in [0.05, 0.1) is 17.8 Å². The summed E-state index contributed by atoms with van der Waals surface area (Å²) in [6.07, 6.45) is 1.57. The Morgan fingerprint density at radius 1 is 1.06 bits per heavy atom. The van der Waals surface area contributed by atoms with E-state index in [1.165, 1.54) is 5.01 Å². The van der Waals surface area contributed by atoms with Crippen molar-refractivity contribution in [3.8, 4) is 11.5 Å². The van der Waals surface area contributed by atoms with Crippen LogP contribution in [-0.4, -0.2) is 36.5 Å². The summed E-state index contributed by atoms with van der Waals surface area (Å²) in [6, 6.07) is 9.77. The molecule has 0 fully saturated rings. The SMILES string of the molecule is Cc1ccc(C)c(N2N=C(C(=O)CC3=NCCc4cc5c(cc43)OCO5)CCC2=O)c1. The monoisotopic (exact) mass is 417 g/mol. The van der Waals surface area contributed by atoms with Crippen molar-refractivity contribution in [3.05, 3.63) is 52.6 Å². The number of hydrogen-bond acceptors (Lipinski definition) is 6. The van der Waals surface area contributed by atoms with E-state index in [0.29, 0.717) is 24.4 Å². The molecule has 2 aromatic rings. The summed E-state index contributed by atoms with van der Waals surface area (Å²) in [7, 11) is 0. The maximum Gasteiger partial charge on any atom is 0.247 e. The van der Waals surface area contributed by atoms with Crippen molar-refractivity contribution in [2.75, 3.05) is 18.3 Å². The molecule has 31 heavy (non-hydrogen) atoms. The van der Waals surface area contributed by atoms with Crippen LogP contribution in [0.1, 0.15) is 41.5 Å². The lowest BCUT2D eigenvalue weighted by Crippen LogP contribution is -2.35. The minimum atomic E-state index is -0.105. The van der Waals surface area contributed by atoms with Crippen LogP contribution in [0, 0.1) is 13.8 Å². The van der Waals surface area contributed by atoms with E-state index >= 15 is 0 Å². The first-order chi connectivity index (χ1) is 15.0. The largest absolute Gasteiger partial charge is 0.454 e. The van der Waals surface area contributed by atoms with Crippen molar-refractivity contribution in [2.45, 2.75) is 39.5 Å². The number of anilines is 1. The summed E-state index contributed by atoms with van der Waals surface area (Å²) in [4.78, 5) is 30.3. The number of Topliss-reactive ketones (excluding diaryl/α,β-unsaturated/α-hetero) is 1. The smallest absolute Gasteiger partial charge is 0.247 e. The van der Waals surface area contributed by atoms with Gasteiger partial charge in [-0.05, 0) is 55.2 Å². The molecule has 158 valence electrons. The first kappa shape index (κ1) is 19.5. The number of aryl methyl sites for hydroxylation is 2. The van der Waals surface area contributed by atoms with E-state index in [-0.39, 0.29) is 31.3 Å². The van der Waals surface area contributed by atoms with Crippen LogP contribution in [0.15, 0.2) is 40.4 Å². The Labute approximate surface area is 180 Å². The molecule has 0 spiro atoms. The van der Waals surface area contributed by atoms with Gasteiger partial charge in [0.2, 0.25) is 12.7 Å². The van der Waals surface area contributed by atoms with Crippen LogP contribution in [0.25, 0.3) is 0 Å². The molecule has 5 rings (SSSR count). The molecule has 0 aromatic heterocycles. The van der Waals surface area contributed by atoms with Gasteiger partial charge in [-0.1, -0.05) is 12.1 Å². The third kappa shape index (κ3) is 3.60. The Hall–Kier alpha value is -3.48. The van der Waals surface area contributed by atoms with Crippen molar-refractivity contribution < 1.29 is 19.1 Å². The van der Waals surface area contributed by atoms with Gasteiger partial charge in [0.25, 0.3) is 0 Å². The number of aliphatic imine (C=N–C) groups is 1. The molecular weight excluding hydrogens is 394 g/mol. The highest BCUT2D eigenvalue weighted by Crippen LogP contribution is 2.36. The van der Waals surface area contributed by atoms with E-state index in [2.05, 4.69) is 10.1 Å². The Bertz CT molecular complexity index is 1170. The van der Waals surface area contributed by atoms with Crippen LogP contribution in [0.4, 0.5) is 5.69 Å². The van der Waals surface area contributed by atoms with E-state index in [4.69, 9.17) is 9.47 Å². The third-order valence-electron chi connectivity index (χ3n) is 5.87. The van der Waals surface area contributed by atoms with Gasteiger partial charge >= 0.3 is 0 Å². The molecule has 3 aliphatic rings. The number of carbonyl (C=O) groups excluding carboxylic acids is 2.